The molecule has 31 heavy (non-hydrogen) atoms. The van der Waals surface area contributed by atoms with Crippen LogP contribution in [0, 0.1) is 0 Å². The Kier molecular flexibility index (Phi) is 6.03. The molecule has 7 nitrogen and oxygen atoms in total. The largest absolute Gasteiger partial charge is 0.453 e. The minimum Gasteiger partial charge on any atom is -0.453 e. The Morgan fingerprint density at radius 2 is 1.77 bits per heavy atom. The molecule has 1 amide bonds. The van der Waals surface area contributed by atoms with Gasteiger partial charge >= 0.3 is 5.97 Å². The van der Waals surface area contributed by atoms with E-state index >= 15 is 0 Å². The monoisotopic (exact) mass is 415 g/mol. The Hall–Kier alpha value is -4.00. The number of anilines is 1. The molecule has 4 rings (SSSR count). The van der Waals surface area contributed by atoms with Gasteiger partial charge in [0, 0.05) is 37.0 Å². The molecule has 1 aliphatic heterocycles. The molecule has 156 valence electrons. The summed E-state index contributed by atoms with van der Waals surface area (Å²) in [5.41, 5.74) is 3.81. The van der Waals surface area contributed by atoms with Gasteiger partial charge in [-0.2, -0.15) is 0 Å². The van der Waals surface area contributed by atoms with Crippen molar-refractivity contribution in [3.05, 3.63) is 95.8 Å². The summed E-state index contributed by atoms with van der Waals surface area (Å²) in [4.78, 5) is 33.5. The predicted molar refractivity (Wildman–Crippen MR) is 115 cm³/mol. The molecule has 0 saturated heterocycles. The van der Waals surface area contributed by atoms with E-state index in [9.17, 15) is 9.59 Å². The van der Waals surface area contributed by atoms with Gasteiger partial charge in [-0.15, -0.1) is 0 Å². The number of oxime groups is 1. The van der Waals surface area contributed by atoms with E-state index in [0.717, 1.165) is 16.7 Å². The Morgan fingerprint density at radius 3 is 2.45 bits per heavy atom. The van der Waals surface area contributed by atoms with Crippen molar-refractivity contribution >= 4 is 23.3 Å². The van der Waals surface area contributed by atoms with Crippen molar-refractivity contribution in [2.75, 3.05) is 5.32 Å². The van der Waals surface area contributed by atoms with Crippen LogP contribution in [0.3, 0.4) is 0 Å². The Balaban J connectivity index is 1.41. The Bertz CT molecular complexity index is 1080. The number of aromatic nitrogens is 1. The van der Waals surface area contributed by atoms with Gasteiger partial charge in [0.15, 0.2) is 6.10 Å². The van der Waals surface area contributed by atoms with Crippen molar-refractivity contribution in [1.82, 2.24) is 4.98 Å². The molecule has 0 radical (unpaired) electrons. The second-order valence-corrected chi connectivity index (χ2v) is 7.09. The lowest BCUT2D eigenvalue weighted by Gasteiger charge is -2.18. The van der Waals surface area contributed by atoms with Crippen molar-refractivity contribution in [2.45, 2.75) is 25.6 Å². The van der Waals surface area contributed by atoms with Crippen LogP contribution in [-0.2, 0) is 19.2 Å². The molecule has 0 spiro atoms. The van der Waals surface area contributed by atoms with E-state index in [2.05, 4.69) is 15.5 Å². The van der Waals surface area contributed by atoms with Gasteiger partial charge in [0.2, 0.25) is 6.10 Å². The average Bonchev–Trinajstić information content (AvgIpc) is 3.30. The van der Waals surface area contributed by atoms with Gasteiger partial charge in [0.1, 0.15) is 0 Å². The first kappa shape index (κ1) is 20.3. The molecular formula is C24H21N3O4. The van der Waals surface area contributed by atoms with Crippen LogP contribution in [0.2, 0.25) is 0 Å². The molecule has 1 N–H and O–H groups in total. The third-order valence-electron chi connectivity index (χ3n) is 4.82. The molecule has 2 heterocycles. The second kappa shape index (κ2) is 9.21. The number of hydrogen-bond acceptors (Lipinski definition) is 6. The van der Waals surface area contributed by atoms with Gasteiger partial charge in [-0.25, -0.2) is 0 Å². The van der Waals surface area contributed by atoms with Crippen LogP contribution in [0.25, 0.3) is 0 Å². The predicted octanol–water partition coefficient (Wildman–Crippen LogP) is 3.87. The number of nitrogens with one attached hydrogen (secondary N) is 1. The molecule has 0 saturated carbocycles. The molecule has 2 aromatic carbocycles. The summed E-state index contributed by atoms with van der Waals surface area (Å²) in [5, 5.41) is 6.86. The van der Waals surface area contributed by atoms with E-state index in [1.165, 1.54) is 6.92 Å². The minimum absolute atomic E-state index is 0.282. The van der Waals surface area contributed by atoms with Crippen molar-refractivity contribution < 1.29 is 19.2 Å². The first-order valence-corrected chi connectivity index (χ1v) is 9.86. The van der Waals surface area contributed by atoms with Crippen LogP contribution in [0.1, 0.15) is 36.1 Å². The number of benzene rings is 2. The molecule has 1 aliphatic rings. The third kappa shape index (κ3) is 4.95. The highest BCUT2D eigenvalue weighted by Crippen LogP contribution is 2.27. The zero-order chi connectivity index (χ0) is 21.6. The summed E-state index contributed by atoms with van der Waals surface area (Å²) >= 11 is 0. The normalized spacial score (nSPS) is 16.0. The standard InChI is InChI=1S/C24H21N3O4/c1-16(28)30-23(17-6-3-2-4-7-17)18-9-11-20(12-10-18)26-24(29)22-14-21(27-31-22)19-8-5-13-25-15-19/h2-13,15,22-23H,14H2,1H3,(H,26,29)/t22-,23?/m0/s1. The van der Waals surface area contributed by atoms with Crippen LogP contribution in [0.5, 0.6) is 0 Å². The Morgan fingerprint density at radius 1 is 1.03 bits per heavy atom. The van der Waals surface area contributed by atoms with Gasteiger partial charge < -0.3 is 14.9 Å². The summed E-state index contributed by atoms with van der Waals surface area (Å²) in [7, 11) is 0. The van der Waals surface area contributed by atoms with Crippen LogP contribution in [0.4, 0.5) is 5.69 Å². The third-order valence-corrected chi connectivity index (χ3v) is 4.82. The molecule has 1 unspecified atom stereocenters. The molecule has 0 fully saturated rings. The topological polar surface area (TPSA) is 89.9 Å². The summed E-state index contributed by atoms with van der Waals surface area (Å²) in [6.07, 6.45) is 2.52. The summed E-state index contributed by atoms with van der Waals surface area (Å²) in [6.45, 7) is 1.38. The minimum atomic E-state index is -0.701. The number of pyridine rings is 1. The van der Waals surface area contributed by atoms with Crippen molar-refractivity contribution in [3.8, 4) is 0 Å². The molecule has 3 aromatic rings. The first-order chi connectivity index (χ1) is 15.1. The molecule has 2 atom stereocenters. The van der Waals surface area contributed by atoms with E-state index in [1.54, 1.807) is 24.5 Å². The maximum absolute atomic E-state index is 12.6. The number of carbonyl (C=O) groups is 2. The summed E-state index contributed by atoms with van der Waals surface area (Å²) in [5.74, 6) is -0.649. The van der Waals surface area contributed by atoms with Crippen LogP contribution in [0.15, 0.2) is 84.3 Å². The zero-order valence-corrected chi connectivity index (χ0v) is 16.9. The fourth-order valence-electron chi connectivity index (χ4n) is 3.31. The number of ether oxygens (including phenoxy) is 1. The van der Waals surface area contributed by atoms with Crippen molar-refractivity contribution in [3.63, 3.8) is 0 Å². The van der Waals surface area contributed by atoms with E-state index in [0.29, 0.717) is 17.8 Å². The number of rotatable bonds is 6. The lowest BCUT2D eigenvalue weighted by Crippen LogP contribution is -2.28. The van der Waals surface area contributed by atoms with Gasteiger partial charge in [-0.1, -0.05) is 47.6 Å². The number of amides is 1. The maximum atomic E-state index is 12.6. The molecule has 7 heteroatoms. The van der Waals surface area contributed by atoms with Crippen LogP contribution < -0.4 is 5.32 Å². The summed E-state index contributed by atoms with van der Waals surface area (Å²) in [6, 6.07) is 20.4. The molecule has 0 aliphatic carbocycles. The Labute approximate surface area is 179 Å². The highest BCUT2D eigenvalue weighted by molar-refractivity contribution is 6.05. The maximum Gasteiger partial charge on any atom is 0.303 e. The lowest BCUT2D eigenvalue weighted by atomic mass is 10.0. The molecule has 0 bridgehead atoms. The van der Waals surface area contributed by atoms with Gasteiger partial charge in [-0.05, 0) is 35.4 Å². The van der Waals surface area contributed by atoms with Gasteiger partial charge in [0.05, 0.1) is 5.71 Å². The van der Waals surface area contributed by atoms with E-state index in [4.69, 9.17) is 9.57 Å². The van der Waals surface area contributed by atoms with E-state index in [-0.39, 0.29) is 11.9 Å². The second-order valence-electron chi connectivity index (χ2n) is 7.09. The molecular weight excluding hydrogens is 394 g/mol. The SMILES string of the molecule is CC(=O)OC(c1ccccc1)c1ccc(NC(=O)[C@@H]2CC(c3cccnc3)=NO2)cc1. The van der Waals surface area contributed by atoms with Gasteiger partial charge in [-0.3, -0.25) is 14.6 Å². The number of nitrogens with zero attached hydrogens (tertiary/aromatic N) is 2. The number of esters is 1. The highest BCUT2D eigenvalue weighted by Gasteiger charge is 2.29. The van der Waals surface area contributed by atoms with Crippen molar-refractivity contribution in [2.24, 2.45) is 5.16 Å². The quantitative estimate of drug-likeness (QED) is 0.618. The fourth-order valence-corrected chi connectivity index (χ4v) is 3.31. The highest BCUT2D eigenvalue weighted by atomic mass is 16.6. The summed E-state index contributed by atoms with van der Waals surface area (Å²) < 4.78 is 5.51. The first-order valence-electron chi connectivity index (χ1n) is 9.86. The molecule has 1 aromatic heterocycles. The average molecular weight is 415 g/mol. The van der Waals surface area contributed by atoms with Crippen LogP contribution in [-0.4, -0.2) is 28.7 Å². The fraction of sp³-hybridized carbons (Fsp3) is 0.167. The van der Waals surface area contributed by atoms with Gasteiger partial charge in [0.25, 0.3) is 5.91 Å². The zero-order valence-electron chi connectivity index (χ0n) is 16.9. The van der Waals surface area contributed by atoms with Crippen molar-refractivity contribution in [1.29, 1.82) is 0 Å². The lowest BCUT2D eigenvalue weighted by molar-refractivity contribution is -0.144. The van der Waals surface area contributed by atoms with Crippen LogP contribution >= 0.6 is 0 Å². The van der Waals surface area contributed by atoms with E-state index < -0.39 is 12.2 Å². The number of carbonyl (C=O) groups excluding carboxylic acids is 2. The number of hydrogen-bond donors (Lipinski definition) is 1. The van der Waals surface area contributed by atoms with E-state index in [1.807, 2.05) is 54.6 Å². The smallest absolute Gasteiger partial charge is 0.303 e.